The second-order valence-corrected chi connectivity index (χ2v) is 4.68. The van der Waals surface area contributed by atoms with Crippen molar-refractivity contribution >= 4 is 34.4 Å². The summed E-state index contributed by atoms with van der Waals surface area (Å²) in [6.07, 6.45) is 1.90. The smallest absolute Gasteiger partial charge is 0.326 e. The Morgan fingerprint density at radius 2 is 2.21 bits per heavy atom. The van der Waals surface area contributed by atoms with Crippen LogP contribution in [-0.4, -0.2) is 28.0 Å². The Hall–Kier alpha value is -2.01. The van der Waals surface area contributed by atoms with Gasteiger partial charge in [0.1, 0.15) is 6.04 Å². The lowest BCUT2D eigenvalue weighted by atomic mass is 10.0. The largest absolute Gasteiger partial charge is 0.480 e. The number of fused-ring (bicyclic) bond motifs is 1. The topological polar surface area (TPSA) is 82.2 Å². The van der Waals surface area contributed by atoms with E-state index in [-0.39, 0.29) is 12.3 Å². The number of carboxylic acid groups (broad SMARTS) is 1. The Kier molecular flexibility index (Phi) is 3.76. The van der Waals surface area contributed by atoms with Gasteiger partial charge in [0, 0.05) is 30.4 Å². The number of aromatic amines is 1. The number of benzene rings is 1. The van der Waals surface area contributed by atoms with E-state index >= 15 is 0 Å². The zero-order valence-electron chi connectivity index (χ0n) is 10.2. The lowest BCUT2D eigenvalue weighted by Gasteiger charge is -2.12. The van der Waals surface area contributed by atoms with E-state index in [9.17, 15) is 9.59 Å². The predicted octanol–water partition coefficient (Wildman–Crippen LogP) is 1.95. The van der Waals surface area contributed by atoms with Gasteiger partial charge in [-0.05, 0) is 17.7 Å². The van der Waals surface area contributed by atoms with Gasteiger partial charge in [0.2, 0.25) is 5.91 Å². The van der Waals surface area contributed by atoms with Crippen molar-refractivity contribution in [2.45, 2.75) is 19.4 Å². The number of nitrogens with one attached hydrogen (secondary N) is 2. The fraction of sp³-hybridized carbons (Fsp3) is 0.231. The summed E-state index contributed by atoms with van der Waals surface area (Å²) in [5.74, 6) is -1.45. The van der Waals surface area contributed by atoms with Gasteiger partial charge in [0.05, 0.1) is 5.02 Å². The van der Waals surface area contributed by atoms with Crippen molar-refractivity contribution in [2.24, 2.45) is 0 Å². The van der Waals surface area contributed by atoms with Crippen LogP contribution in [0.15, 0.2) is 24.4 Å². The van der Waals surface area contributed by atoms with Crippen molar-refractivity contribution in [1.29, 1.82) is 0 Å². The molecule has 1 aromatic heterocycles. The maximum atomic E-state index is 11.1. The molecule has 19 heavy (non-hydrogen) atoms. The quantitative estimate of drug-likeness (QED) is 0.800. The molecule has 0 aliphatic carbocycles. The van der Waals surface area contributed by atoms with Crippen LogP contribution < -0.4 is 5.32 Å². The standard InChI is InChI=1S/C13H13ClN2O3/c1-7(17)16-11(13(18)19)5-8-6-15-10-4-2-3-9(14)12(8)10/h2-4,6,11,15H,5H2,1H3,(H,16,17)(H,18,19)/t11-/m0/s1. The highest BCUT2D eigenvalue weighted by Crippen LogP contribution is 2.27. The fourth-order valence-corrected chi connectivity index (χ4v) is 2.33. The van der Waals surface area contributed by atoms with Gasteiger partial charge in [0.15, 0.2) is 0 Å². The van der Waals surface area contributed by atoms with Gasteiger partial charge in [-0.15, -0.1) is 0 Å². The van der Waals surface area contributed by atoms with E-state index in [1.165, 1.54) is 6.92 Å². The van der Waals surface area contributed by atoms with E-state index < -0.39 is 12.0 Å². The molecule has 0 aliphatic rings. The van der Waals surface area contributed by atoms with E-state index in [0.717, 1.165) is 16.5 Å². The summed E-state index contributed by atoms with van der Waals surface area (Å²) in [6, 6.07) is 4.45. The number of carbonyl (C=O) groups is 2. The molecule has 1 amide bonds. The summed E-state index contributed by atoms with van der Waals surface area (Å²) >= 11 is 6.12. The molecular formula is C13H13ClN2O3. The zero-order valence-corrected chi connectivity index (χ0v) is 11.0. The molecule has 0 unspecified atom stereocenters. The molecule has 0 saturated carbocycles. The van der Waals surface area contributed by atoms with Crippen LogP contribution in [0, 0.1) is 0 Å². The molecule has 5 nitrogen and oxygen atoms in total. The third kappa shape index (κ3) is 2.88. The first-order chi connectivity index (χ1) is 8.99. The number of rotatable bonds is 4. The molecule has 1 heterocycles. The first kappa shape index (κ1) is 13.4. The van der Waals surface area contributed by atoms with Crippen molar-refractivity contribution in [3.63, 3.8) is 0 Å². The molecule has 2 aromatic rings. The average molecular weight is 281 g/mol. The van der Waals surface area contributed by atoms with Crippen LogP contribution in [0.4, 0.5) is 0 Å². The van der Waals surface area contributed by atoms with Crippen molar-refractivity contribution in [1.82, 2.24) is 10.3 Å². The number of amides is 1. The monoisotopic (exact) mass is 280 g/mol. The SMILES string of the molecule is CC(=O)N[C@@H](Cc1c[nH]c2cccc(Cl)c12)C(=O)O. The van der Waals surface area contributed by atoms with Gasteiger partial charge in [-0.1, -0.05) is 17.7 Å². The van der Waals surface area contributed by atoms with Gasteiger partial charge in [-0.25, -0.2) is 4.79 Å². The summed E-state index contributed by atoms with van der Waals surface area (Å²) in [7, 11) is 0. The lowest BCUT2D eigenvalue weighted by molar-refractivity contribution is -0.141. The maximum absolute atomic E-state index is 11.1. The van der Waals surface area contributed by atoms with Gasteiger partial charge >= 0.3 is 5.97 Å². The number of H-pyrrole nitrogens is 1. The number of halogens is 1. The average Bonchev–Trinajstić information content (AvgIpc) is 2.72. The normalized spacial score (nSPS) is 12.3. The molecular weight excluding hydrogens is 268 g/mol. The van der Waals surface area contributed by atoms with Gasteiger partial charge in [-0.2, -0.15) is 0 Å². The molecule has 1 atom stereocenters. The first-order valence-corrected chi connectivity index (χ1v) is 6.11. The molecule has 0 bridgehead atoms. The minimum Gasteiger partial charge on any atom is -0.480 e. The molecule has 0 spiro atoms. The molecule has 6 heteroatoms. The number of hydrogen-bond acceptors (Lipinski definition) is 2. The number of aliphatic carboxylic acids is 1. The van der Waals surface area contributed by atoms with Gasteiger partial charge in [-0.3, -0.25) is 4.79 Å². The van der Waals surface area contributed by atoms with Crippen LogP contribution >= 0.6 is 11.6 Å². The van der Waals surface area contributed by atoms with Crippen LogP contribution in [0.25, 0.3) is 10.9 Å². The Labute approximate surface area is 114 Å². The highest BCUT2D eigenvalue weighted by atomic mass is 35.5. The highest BCUT2D eigenvalue weighted by molar-refractivity contribution is 6.35. The third-order valence-electron chi connectivity index (χ3n) is 2.84. The first-order valence-electron chi connectivity index (χ1n) is 5.73. The summed E-state index contributed by atoms with van der Waals surface area (Å²) in [5, 5.41) is 12.9. The number of aromatic nitrogens is 1. The van der Waals surface area contributed by atoms with Gasteiger partial charge in [0.25, 0.3) is 0 Å². The Morgan fingerprint density at radius 3 is 2.84 bits per heavy atom. The molecule has 1 aromatic carbocycles. The summed E-state index contributed by atoms with van der Waals surface area (Å²) < 4.78 is 0. The molecule has 3 N–H and O–H groups in total. The second kappa shape index (κ2) is 5.32. The highest BCUT2D eigenvalue weighted by Gasteiger charge is 2.21. The summed E-state index contributed by atoms with van der Waals surface area (Å²) in [5.41, 5.74) is 1.61. The molecule has 0 aliphatic heterocycles. The molecule has 0 radical (unpaired) electrons. The van der Waals surface area contributed by atoms with Crippen LogP contribution in [0.2, 0.25) is 5.02 Å². The minimum absolute atomic E-state index is 0.179. The Balaban J connectivity index is 2.34. The molecule has 0 saturated heterocycles. The van der Waals surface area contributed by atoms with Crippen molar-refractivity contribution in [3.8, 4) is 0 Å². The number of hydrogen-bond donors (Lipinski definition) is 3. The number of carbonyl (C=O) groups excluding carboxylic acids is 1. The molecule has 2 rings (SSSR count). The van der Waals surface area contributed by atoms with Crippen LogP contribution in [0.3, 0.4) is 0 Å². The number of carboxylic acids is 1. The molecule has 100 valence electrons. The van der Waals surface area contributed by atoms with E-state index in [1.54, 1.807) is 12.3 Å². The third-order valence-corrected chi connectivity index (χ3v) is 3.15. The van der Waals surface area contributed by atoms with E-state index in [2.05, 4.69) is 10.3 Å². The lowest BCUT2D eigenvalue weighted by Crippen LogP contribution is -2.41. The van der Waals surface area contributed by atoms with Crippen molar-refractivity contribution < 1.29 is 14.7 Å². The van der Waals surface area contributed by atoms with E-state index in [0.29, 0.717) is 5.02 Å². The fourth-order valence-electron chi connectivity index (χ4n) is 2.03. The maximum Gasteiger partial charge on any atom is 0.326 e. The van der Waals surface area contributed by atoms with Crippen LogP contribution in [-0.2, 0) is 16.0 Å². The Morgan fingerprint density at radius 1 is 1.47 bits per heavy atom. The minimum atomic E-state index is -1.07. The Bertz CT molecular complexity index is 636. The second-order valence-electron chi connectivity index (χ2n) is 4.27. The van der Waals surface area contributed by atoms with Crippen LogP contribution in [0.1, 0.15) is 12.5 Å². The summed E-state index contributed by atoms with van der Waals surface area (Å²) in [6.45, 7) is 1.29. The van der Waals surface area contributed by atoms with Gasteiger partial charge < -0.3 is 15.4 Å². The predicted molar refractivity (Wildman–Crippen MR) is 72.3 cm³/mol. The van der Waals surface area contributed by atoms with Crippen LogP contribution in [0.5, 0.6) is 0 Å². The van der Waals surface area contributed by atoms with E-state index in [4.69, 9.17) is 16.7 Å². The van der Waals surface area contributed by atoms with Crippen molar-refractivity contribution in [3.05, 3.63) is 35.0 Å². The zero-order chi connectivity index (χ0) is 14.0. The van der Waals surface area contributed by atoms with Crippen molar-refractivity contribution in [2.75, 3.05) is 0 Å². The molecule has 0 fully saturated rings. The summed E-state index contributed by atoms with van der Waals surface area (Å²) in [4.78, 5) is 25.2. The van der Waals surface area contributed by atoms with E-state index in [1.807, 2.05) is 12.1 Å².